The van der Waals surface area contributed by atoms with Crippen molar-refractivity contribution in [2.45, 2.75) is 20.0 Å². The van der Waals surface area contributed by atoms with Gasteiger partial charge in [0.15, 0.2) is 0 Å². The third kappa shape index (κ3) is 2.86. The Morgan fingerprint density at radius 1 is 1.33 bits per heavy atom. The Morgan fingerprint density at radius 3 is 2.72 bits per heavy atom. The smallest absolute Gasteiger partial charge is 0.145 e. The minimum atomic E-state index is -0.135. The molecule has 0 spiro atoms. The topological polar surface area (TPSA) is 35.2 Å². The van der Waals surface area contributed by atoms with Gasteiger partial charge in [-0.25, -0.2) is 0 Å². The summed E-state index contributed by atoms with van der Waals surface area (Å²) in [5, 5.41) is 2.67. The normalized spacial score (nSPS) is 12.4. The predicted octanol–water partition coefficient (Wildman–Crippen LogP) is 4.10. The first kappa shape index (κ1) is 13.4. The van der Waals surface area contributed by atoms with E-state index in [4.69, 9.17) is 22.1 Å². The van der Waals surface area contributed by atoms with Crippen molar-refractivity contribution in [3.63, 3.8) is 0 Å². The third-order valence-corrected chi connectivity index (χ3v) is 4.19. The van der Waals surface area contributed by atoms with Crippen LogP contribution >= 0.6 is 22.9 Å². The summed E-state index contributed by atoms with van der Waals surface area (Å²) in [7, 11) is 0. The van der Waals surface area contributed by atoms with Crippen molar-refractivity contribution < 1.29 is 4.74 Å². The number of hydrogen-bond acceptors (Lipinski definition) is 3. The van der Waals surface area contributed by atoms with Gasteiger partial charge in [-0.05, 0) is 48.6 Å². The molecule has 96 valence electrons. The minimum Gasteiger partial charge on any atom is -0.482 e. The first-order valence-corrected chi connectivity index (χ1v) is 7.04. The number of nitrogens with two attached hydrogens (primary N) is 1. The van der Waals surface area contributed by atoms with Gasteiger partial charge in [-0.2, -0.15) is 0 Å². The molecule has 1 atom stereocenters. The van der Waals surface area contributed by atoms with Crippen LogP contribution in [0.25, 0.3) is 0 Å². The lowest BCUT2D eigenvalue weighted by molar-refractivity contribution is 0.217. The van der Waals surface area contributed by atoms with Gasteiger partial charge >= 0.3 is 0 Å². The zero-order chi connectivity index (χ0) is 13.1. The van der Waals surface area contributed by atoms with Crippen molar-refractivity contribution in [1.82, 2.24) is 0 Å². The molecular formula is C14H16ClNOS. The molecule has 2 nitrogen and oxygen atoms in total. The lowest BCUT2D eigenvalue weighted by atomic mass is 10.2. The molecule has 1 unspecified atom stereocenters. The molecule has 0 saturated heterocycles. The Morgan fingerprint density at radius 2 is 2.11 bits per heavy atom. The van der Waals surface area contributed by atoms with Crippen molar-refractivity contribution in [3.8, 4) is 5.75 Å². The SMILES string of the molecule is Cc1ccc(Cl)c(OC(CN)c2sccc2C)c1. The van der Waals surface area contributed by atoms with E-state index >= 15 is 0 Å². The number of hydrogen-bond donors (Lipinski definition) is 1. The highest BCUT2D eigenvalue weighted by Gasteiger charge is 2.16. The van der Waals surface area contributed by atoms with Crippen molar-refractivity contribution in [2.75, 3.05) is 6.54 Å². The summed E-state index contributed by atoms with van der Waals surface area (Å²) in [6, 6.07) is 7.82. The maximum Gasteiger partial charge on any atom is 0.145 e. The number of thiophene rings is 1. The van der Waals surface area contributed by atoms with E-state index in [1.165, 1.54) is 5.56 Å². The Labute approximate surface area is 116 Å². The number of rotatable bonds is 4. The van der Waals surface area contributed by atoms with Gasteiger partial charge in [0.05, 0.1) is 5.02 Å². The lowest BCUT2D eigenvalue weighted by Crippen LogP contribution is -2.18. The van der Waals surface area contributed by atoms with E-state index in [1.54, 1.807) is 11.3 Å². The molecule has 1 aromatic carbocycles. The minimum absolute atomic E-state index is 0.135. The summed E-state index contributed by atoms with van der Waals surface area (Å²) < 4.78 is 5.95. The summed E-state index contributed by atoms with van der Waals surface area (Å²) in [5.74, 6) is 0.694. The van der Waals surface area contributed by atoms with Gasteiger partial charge < -0.3 is 10.5 Å². The second kappa shape index (κ2) is 5.74. The van der Waals surface area contributed by atoms with E-state index in [0.29, 0.717) is 17.3 Å². The average molecular weight is 282 g/mol. The van der Waals surface area contributed by atoms with E-state index < -0.39 is 0 Å². The number of ether oxygens (including phenoxy) is 1. The molecule has 0 aliphatic carbocycles. The van der Waals surface area contributed by atoms with Crippen molar-refractivity contribution >= 4 is 22.9 Å². The van der Waals surface area contributed by atoms with Crippen LogP contribution in [0.15, 0.2) is 29.6 Å². The summed E-state index contributed by atoms with van der Waals surface area (Å²) in [6.07, 6.45) is -0.135. The largest absolute Gasteiger partial charge is 0.482 e. The molecule has 2 aromatic rings. The van der Waals surface area contributed by atoms with Gasteiger partial charge in [0.25, 0.3) is 0 Å². The molecule has 18 heavy (non-hydrogen) atoms. The van der Waals surface area contributed by atoms with Crippen LogP contribution in [0.1, 0.15) is 22.1 Å². The summed E-state index contributed by atoms with van der Waals surface area (Å²) in [4.78, 5) is 1.16. The second-order valence-corrected chi connectivity index (χ2v) is 5.60. The van der Waals surface area contributed by atoms with Gasteiger partial charge in [0, 0.05) is 11.4 Å². The summed E-state index contributed by atoms with van der Waals surface area (Å²) in [5.41, 5.74) is 8.13. The van der Waals surface area contributed by atoms with Gasteiger partial charge in [0.1, 0.15) is 11.9 Å². The molecule has 0 bridgehead atoms. The molecule has 0 aliphatic heterocycles. The highest BCUT2D eigenvalue weighted by molar-refractivity contribution is 7.10. The zero-order valence-electron chi connectivity index (χ0n) is 10.4. The molecule has 0 saturated carbocycles. The lowest BCUT2D eigenvalue weighted by Gasteiger charge is -2.18. The van der Waals surface area contributed by atoms with E-state index in [2.05, 4.69) is 18.4 Å². The molecular weight excluding hydrogens is 266 g/mol. The van der Waals surface area contributed by atoms with Crippen molar-refractivity contribution in [1.29, 1.82) is 0 Å². The van der Waals surface area contributed by atoms with Gasteiger partial charge in [-0.1, -0.05) is 17.7 Å². The van der Waals surface area contributed by atoms with Crippen LogP contribution in [0, 0.1) is 13.8 Å². The Bertz CT molecular complexity index is 538. The van der Waals surface area contributed by atoms with E-state index in [0.717, 1.165) is 10.4 Å². The molecule has 0 aliphatic rings. The van der Waals surface area contributed by atoms with Crippen LogP contribution in [-0.4, -0.2) is 6.54 Å². The number of halogens is 1. The van der Waals surface area contributed by atoms with E-state index in [1.807, 2.05) is 25.1 Å². The molecule has 1 heterocycles. The monoisotopic (exact) mass is 281 g/mol. The van der Waals surface area contributed by atoms with Gasteiger partial charge in [-0.15, -0.1) is 11.3 Å². The molecule has 2 N–H and O–H groups in total. The van der Waals surface area contributed by atoms with E-state index in [9.17, 15) is 0 Å². The molecule has 1 aromatic heterocycles. The quantitative estimate of drug-likeness (QED) is 0.916. The second-order valence-electron chi connectivity index (χ2n) is 4.24. The zero-order valence-corrected chi connectivity index (χ0v) is 12.0. The maximum atomic E-state index is 6.14. The molecule has 4 heteroatoms. The summed E-state index contributed by atoms with van der Waals surface area (Å²) in [6.45, 7) is 4.51. The highest BCUT2D eigenvalue weighted by atomic mass is 35.5. The molecule has 2 rings (SSSR count). The van der Waals surface area contributed by atoms with Crippen molar-refractivity contribution in [3.05, 3.63) is 50.7 Å². The highest BCUT2D eigenvalue weighted by Crippen LogP contribution is 2.32. The summed E-state index contributed by atoms with van der Waals surface area (Å²) >= 11 is 7.80. The molecule has 0 radical (unpaired) electrons. The fourth-order valence-electron chi connectivity index (χ4n) is 1.78. The Kier molecular flexibility index (Phi) is 4.27. The van der Waals surface area contributed by atoms with Gasteiger partial charge in [-0.3, -0.25) is 0 Å². The Balaban J connectivity index is 2.26. The molecule has 0 fully saturated rings. The Hall–Kier alpha value is -1.03. The number of benzene rings is 1. The van der Waals surface area contributed by atoms with Crippen LogP contribution < -0.4 is 10.5 Å². The van der Waals surface area contributed by atoms with Crippen LogP contribution in [0.2, 0.25) is 5.02 Å². The maximum absolute atomic E-state index is 6.14. The predicted molar refractivity (Wildman–Crippen MR) is 77.7 cm³/mol. The standard InChI is InChI=1S/C14H16ClNOS/c1-9-3-4-11(15)12(7-9)17-13(8-16)14-10(2)5-6-18-14/h3-7,13H,8,16H2,1-2H3. The van der Waals surface area contributed by atoms with Crippen LogP contribution in [-0.2, 0) is 0 Å². The number of aryl methyl sites for hydroxylation is 2. The molecule has 0 amide bonds. The third-order valence-electron chi connectivity index (χ3n) is 2.76. The average Bonchev–Trinajstić information content (AvgIpc) is 2.77. The van der Waals surface area contributed by atoms with Crippen LogP contribution in [0.4, 0.5) is 0 Å². The first-order valence-electron chi connectivity index (χ1n) is 5.78. The van der Waals surface area contributed by atoms with Crippen LogP contribution in [0.5, 0.6) is 5.75 Å². The van der Waals surface area contributed by atoms with Crippen molar-refractivity contribution in [2.24, 2.45) is 5.73 Å². The van der Waals surface area contributed by atoms with Gasteiger partial charge in [0.2, 0.25) is 0 Å². The fraction of sp³-hybridized carbons (Fsp3) is 0.286. The first-order chi connectivity index (χ1) is 8.61. The van der Waals surface area contributed by atoms with E-state index in [-0.39, 0.29) is 6.10 Å². The van der Waals surface area contributed by atoms with Crippen LogP contribution in [0.3, 0.4) is 0 Å². The fourth-order valence-corrected chi connectivity index (χ4v) is 2.91.